The first kappa shape index (κ1) is 21.9. The van der Waals surface area contributed by atoms with Gasteiger partial charge >= 0.3 is 0 Å². The molecule has 0 aliphatic rings. The molecule has 128 valence electrons. The first-order valence-electron chi connectivity index (χ1n) is 9.08. The summed E-state index contributed by atoms with van der Waals surface area (Å²) in [5.41, 5.74) is 5.08. The van der Waals surface area contributed by atoms with Crippen LogP contribution in [0, 0.1) is 5.92 Å². The molecule has 0 aromatic rings. The molecule has 0 saturated carbocycles. The summed E-state index contributed by atoms with van der Waals surface area (Å²) in [6, 6.07) is 1.63. The fraction of sp³-hybridized carbons (Fsp3) is 1.00. The van der Waals surface area contributed by atoms with Crippen molar-refractivity contribution in [2.45, 2.75) is 102 Å². The standard InChI is InChI=1S/C17H44Si4/c1-12-17(2)13-21(14-18(3,4)5,15-19(6,7)8)16-20(9,10)11/h17H,12-16H2,1-11H3. The Balaban J connectivity index is 5.57. The lowest BCUT2D eigenvalue weighted by Gasteiger charge is -2.45. The van der Waals surface area contributed by atoms with Crippen LogP contribution in [0.5, 0.6) is 0 Å². The Morgan fingerprint density at radius 1 is 0.619 bits per heavy atom. The van der Waals surface area contributed by atoms with Gasteiger partial charge in [0.2, 0.25) is 0 Å². The molecule has 0 spiro atoms. The highest BCUT2D eigenvalue weighted by atomic mass is 28.4. The molecule has 0 saturated heterocycles. The van der Waals surface area contributed by atoms with Gasteiger partial charge in [0.25, 0.3) is 0 Å². The monoisotopic (exact) mass is 360 g/mol. The lowest BCUT2D eigenvalue weighted by atomic mass is 10.2. The van der Waals surface area contributed by atoms with Gasteiger partial charge in [0.1, 0.15) is 0 Å². The Bertz CT molecular complexity index is 263. The van der Waals surface area contributed by atoms with E-state index in [0.717, 1.165) is 5.92 Å². The van der Waals surface area contributed by atoms with Crippen LogP contribution in [0.1, 0.15) is 20.3 Å². The maximum atomic E-state index is 2.62. The lowest BCUT2D eigenvalue weighted by molar-refractivity contribution is 0.613. The van der Waals surface area contributed by atoms with Gasteiger partial charge in [-0.15, -0.1) is 0 Å². The summed E-state index contributed by atoms with van der Waals surface area (Å²) >= 11 is 0. The van der Waals surface area contributed by atoms with E-state index in [4.69, 9.17) is 0 Å². The second-order valence-corrected chi connectivity index (χ2v) is 34.4. The number of hydrogen-bond acceptors (Lipinski definition) is 0. The van der Waals surface area contributed by atoms with Crippen LogP contribution in [-0.4, -0.2) is 32.3 Å². The van der Waals surface area contributed by atoms with Crippen LogP contribution in [-0.2, 0) is 0 Å². The maximum absolute atomic E-state index is 2.62. The maximum Gasteiger partial charge on any atom is 0.0459 e. The normalized spacial score (nSPS) is 16.1. The van der Waals surface area contributed by atoms with E-state index in [1.54, 1.807) is 23.0 Å². The summed E-state index contributed by atoms with van der Waals surface area (Å²) in [7, 11) is -4.00. The van der Waals surface area contributed by atoms with Crippen molar-refractivity contribution >= 4 is 32.3 Å². The highest BCUT2D eigenvalue weighted by Crippen LogP contribution is 2.40. The summed E-state index contributed by atoms with van der Waals surface area (Å²) in [6.07, 6.45) is 1.39. The average Bonchev–Trinajstić information content (AvgIpc) is 2.07. The van der Waals surface area contributed by atoms with Crippen molar-refractivity contribution in [3.05, 3.63) is 0 Å². The lowest BCUT2D eigenvalue weighted by Crippen LogP contribution is -2.52. The van der Waals surface area contributed by atoms with Crippen LogP contribution in [0.25, 0.3) is 0 Å². The molecule has 0 aromatic heterocycles. The minimum atomic E-state index is -1.10. The van der Waals surface area contributed by atoms with Gasteiger partial charge in [0.05, 0.1) is 0 Å². The van der Waals surface area contributed by atoms with E-state index in [1.165, 1.54) is 6.42 Å². The molecule has 0 heterocycles. The number of hydrogen-bond donors (Lipinski definition) is 0. The Hall–Kier alpha value is 0.868. The van der Waals surface area contributed by atoms with Crippen LogP contribution in [0.4, 0.5) is 0 Å². The van der Waals surface area contributed by atoms with Gasteiger partial charge in [-0.05, 0) is 5.92 Å². The van der Waals surface area contributed by atoms with E-state index in [-0.39, 0.29) is 0 Å². The topological polar surface area (TPSA) is 0 Å². The molecule has 1 atom stereocenters. The fourth-order valence-corrected chi connectivity index (χ4v) is 40.0. The van der Waals surface area contributed by atoms with Gasteiger partial charge < -0.3 is 0 Å². The first-order valence-corrected chi connectivity index (χ1v) is 23.0. The molecular weight excluding hydrogens is 317 g/mol. The Morgan fingerprint density at radius 2 is 0.905 bits per heavy atom. The van der Waals surface area contributed by atoms with E-state index in [9.17, 15) is 0 Å². The van der Waals surface area contributed by atoms with Gasteiger partial charge in [-0.1, -0.05) is 102 Å². The molecule has 0 aliphatic carbocycles. The molecule has 0 N–H and O–H groups in total. The van der Waals surface area contributed by atoms with Crippen molar-refractivity contribution in [3.8, 4) is 0 Å². The van der Waals surface area contributed by atoms with E-state index in [0.29, 0.717) is 0 Å². The predicted molar refractivity (Wildman–Crippen MR) is 114 cm³/mol. The highest BCUT2D eigenvalue weighted by molar-refractivity contribution is 7.08. The van der Waals surface area contributed by atoms with Crippen molar-refractivity contribution < 1.29 is 0 Å². The van der Waals surface area contributed by atoms with E-state index in [2.05, 4.69) is 72.8 Å². The van der Waals surface area contributed by atoms with Gasteiger partial charge in [-0.2, -0.15) is 0 Å². The Morgan fingerprint density at radius 3 is 1.10 bits per heavy atom. The third kappa shape index (κ3) is 11.1. The largest absolute Gasteiger partial charge is 0.0698 e. The van der Waals surface area contributed by atoms with E-state index < -0.39 is 32.3 Å². The highest BCUT2D eigenvalue weighted by Gasteiger charge is 2.43. The van der Waals surface area contributed by atoms with E-state index in [1.807, 2.05) is 0 Å². The second kappa shape index (κ2) is 7.62. The van der Waals surface area contributed by atoms with Crippen molar-refractivity contribution in [3.63, 3.8) is 0 Å². The summed E-state index contributed by atoms with van der Waals surface area (Å²) < 4.78 is 0. The molecule has 0 nitrogen and oxygen atoms in total. The smallest absolute Gasteiger partial charge is 0.0459 e. The predicted octanol–water partition coefficient (Wildman–Crippen LogP) is 7.11. The van der Waals surface area contributed by atoms with E-state index >= 15 is 0 Å². The Labute approximate surface area is 140 Å². The summed E-state index contributed by atoms with van der Waals surface area (Å²) in [6.45, 7) is 28.6. The van der Waals surface area contributed by atoms with Crippen LogP contribution in [0.3, 0.4) is 0 Å². The van der Waals surface area contributed by atoms with Crippen LogP contribution < -0.4 is 0 Å². The third-order valence-electron chi connectivity index (χ3n) is 4.19. The van der Waals surface area contributed by atoms with Gasteiger partial charge in [-0.3, -0.25) is 0 Å². The third-order valence-corrected chi connectivity index (χ3v) is 27.5. The molecule has 1 unspecified atom stereocenters. The van der Waals surface area contributed by atoms with Crippen molar-refractivity contribution in [2.24, 2.45) is 5.92 Å². The fourth-order valence-electron chi connectivity index (χ4n) is 4.66. The zero-order chi connectivity index (χ0) is 17.1. The summed E-state index contributed by atoms with van der Waals surface area (Å²) in [4.78, 5) is 0. The molecule has 0 aliphatic heterocycles. The molecule has 21 heavy (non-hydrogen) atoms. The van der Waals surface area contributed by atoms with Crippen LogP contribution in [0.2, 0.25) is 82.0 Å². The molecule has 0 bridgehead atoms. The minimum Gasteiger partial charge on any atom is -0.0698 e. The van der Waals surface area contributed by atoms with Gasteiger partial charge in [0.15, 0.2) is 0 Å². The Kier molecular flexibility index (Phi) is 7.94. The van der Waals surface area contributed by atoms with Crippen molar-refractivity contribution in [2.75, 3.05) is 0 Å². The number of rotatable bonds is 9. The minimum absolute atomic E-state index is 0.959. The summed E-state index contributed by atoms with van der Waals surface area (Å²) in [5.74, 6) is 0.959. The van der Waals surface area contributed by atoms with Gasteiger partial charge in [0, 0.05) is 32.3 Å². The van der Waals surface area contributed by atoms with Gasteiger partial charge in [-0.25, -0.2) is 0 Å². The van der Waals surface area contributed by atoms with Crippen LogP contribution >= 0.6 is 0 Å². The average molecular weight is 361 g/mol. The first-order chi connectivity index (χ1) is 9.08. The molecule has 0 fully saturated rings. The molecule has 0 radical (unpaired) electrons. The zero-order valence-electron chi connectivity index (χ0n) is 17.1. The van der Waals surface area contributed by atoms with Crippen molar-refractivity contribution in [1.29, 1.82) is 0 Å². The molecule has 0 aromatic carbocycles. The SMILES string of the molecule is CCC(C)C[Si](C[Si](C)(C)C)(C[Si](C)(C)C)C[Si](C)(C)C. The second-order valence-electron chi connectivity index (χ2n) is 11.4. The molecule has 4 heteroatoms. The zero-order valence-corrected chi connectivity index (χ0v) is 21.1. The molecular formula is C17H44Si4. The van der Waals surface area contributed by atoms with Crippen LogP contribution in [0.15, 0.2) is 0 Å². The molecule has 0 rings (SSSR count). The molecule has 0 amide bonds. The van der Waals surface area contributed by atoms with Crippen molar-refractivity contribution in [1.82, 2.24) is 0 Å². The quantitative estimate of drug-likeness (QED) is 0.384. The summed E-state index contributed by atoms with van der Waals surface area (Å²) in [5, 5.41) is 0.